The van der Waals surface area contributed by atoms with Gasteiger partial charge >= 0.3 is 5.97 Å². The smallest absolute Gasteiger partial charge is 0.339 e. The summed E-state index contributed by atoms with van der Waals surface area (Å²) in [7, 11) is 0. The van der Waals surface area contributed by atoms with Crippen LogP contribution in [0.2, 0.25) is 0 Å². The van der Waals surface area contributed by atoms with Crippen molar-refractivity contribution in [1.82, 2.24) is 14.5 Å². The van der Waals surface area contributed by atoms with Crippen molar-refractivity contribution in [2.75, 3.05) is 0 Å². The first-order chi connectivity index (χ1) is 8.22. The first kappa shape index (κ1) is 10.3. The molecule has 17 heavy (non-hydrogen) atoms. The molecule has 2 aromatic heterocycles. The predicted octanol–water partition coefficient (Wildman–Crippen LogP) is 2.03. The van der Waals surface area contributed by atoms with Gasteiger partial charge in [-0.25, -0.2) is 9.78 Å². The van der Waals surface area contributed by atoms with Gasteiger partial charge in [-0.3, -0.25) is 4.98 Å². The zero-order valence-corrected chi connectivity index (χ0v) is 9.55. The van der Waals surface area contributed by atoms with Gasteiger partial charge in [-0.05, 0) is 12.8 Å². The zero-order valence-electron chi connectivity index (χ0n) is 9.55. The summed E-state index contributed by atoms with van der Waals surface area (Å²) >= 11 is 0. The molecule has 2 aromatic rings. The highest BCUT2D eigenvalue weighted by molar-refractivity contribution is 6.00. The Labute approximate surface area is 98.1 Å². The van der Waals surface area contributed by atoms with Crippen LogP contribution >= 0.6 is 0 Å². The van der Waals surface area contributed by atoms with Crippen molar-refractivity contribution in [3.05, 3.63) is 23.8 Å². The number of fused-ring (bicyclic) bond motifs is 1. The molecule has 1 aliphatic carbocycles. The number of aromatic carboxylic acids is 1. The lowest BCUT2D eigenvalue weighted by molar-refractivity contribution is 0.0698. The number of carboxylic acid groups (broad SMARTS) is 1. The van der Waals surface area contributed by atoms with Gasteiger partial charge in [-0.15, -0.1) is 0 Å². The second-order valence-corrected chi connectivity index (χ2v) is 4.34. The van der Waals surface area contributed by atoms with Gasteiger partial charge in [0.25, 0.3) is 0 Å². The minimum atomic E-state index is -0.937. The van der Waals surface area contributed by atoms with E-state index in [2.05, 4.69) is 14.5 Å². The van der Waals surface area contributed by atoms with E-state index in [0.29, 0.717) is 11.6 Å². The maximum atomic E-state index is 11.2. The van der Waals surface area contributed by atoms with E-state index in [0.717, 1.165) is 30.6 Å². The molecule has 0 radical (unpaired) electrons. The second-order valence-electron chi connectivity index (χ2n) is 4.34. The van der Waals surface area contributed by atoms with E-state index in [1.54, 1.807) is 6.20 Å². The van der Waals surface area contributed by atoms with Gasteiger partial charge in [0, 0.05) is 18.7 Å². The second kappa shape index (κ2) is 3.55. The number of imidazole rings is 1. The number of nitrogens with zero attached hydrogens (tertiary/aromatic N) is 3. The van der Waals surface area contributed by atoms with E-state index < -0.39 is 5.97 Å². The van der Waals surface area contributed by atoms with Crippen LogP contribution in [0.3, 0.4) is 0 Å². The highest BCUT2D eigenvalue weighted by Crippen LogP contribution is 2.39. The monoisotopic (exact) mass is 231 g/mol. The Kier molecular flexibility index (Phi) is 2.14. The van der Waals surface area contributed by atoms with Gasteiger partial charge in [-0.1, -0.05) is 6.92 Å². The van der Waals surface area contributed by atoms with Crippen LogP contribution in [0.1, 0.15) is 42.0 Å². The number of carboxylic acids is 1. The molecule has 1 saturated carbocycles. The van der Waals surface area contributed by atoms with E-state index in [1.165, 1.54) is 6.20 Å². The topological polar surface area (TPSA) is 68.0 Å². The predicted molar refractivity (Wildman–Crippen MR) is 62.1 cm³/mol. The minimum absolute atomic E-state index is 0.251. The fourth-order valence-electron chi connectivity index (χ4n) is 2.23. The largest absolute Gasteiger partial charge is 0.478 e. The molecule has 5 heteroatoms. The summed E-state index contributed by atoms with van der Waals surface area (Å²) in [5, 5.41) is 9.21. The highest BCUT2D eigenvalue weighted by Gasteiger charge is 2.29. The number of aryl methyl sites for hydroxylation is 1. The Morgan fingerprint density at radius 3 is 2.88 bits per heavy atom. The fraction of sp³-hybridized carbons (Fsp3) is 0.417. The fourth-order valence-corrected chi connectivity index (χ4v) is 2.23. The summed E-state index contributed by atoms with van der Waals surface area (Å²) < 4.78 is 2.08. The summed E-state index contributed by atoms with van der Waals surface area (Å²) in [5.41, 5.74) is 1.67. The van der Waals surface area contributed by atoms with Crippen molar-refractivity contribution in [3.8, 4) is 0 Å². The summed E-state index contributed by atoms with van der Waals surface area (Å²) in [4.78, 5) is 19.6. The molecule has 88 valence electrons. The van der Waals surface area contributed by atoms with Crippen molar-refractivity contribution >= 4 is 17.0 Å². The Bertz CT molecular complexity index is 599. The van der Waals surface area contributed by atoms with Crippen LogP contribution in [-0.2, 0) is 6.42 Å². The third kappa shape index (κ3) is 1.50. The third-order valence-corrected chi connectivity index (χ3v) is 3.13. The van der Waals surface area contributed by atoms with Gasteiger partial charge in [0.05, 0.1) is 11.7 Å². The molecule has 1 fully saturated rings. The van der Waals surface area contributed by atoms with E-state index in [1.807, 2.05) is 6.92 Å². The van der Waals surface area contributed by atoms with Crippen LogP contribution in [0.25, 0.3) is 11.0 Å². The standard InChI is InChI=1S/C12H13N3O2/c1-2-10-14-9-6-13-5-8(12(16)17)11(9)15(10)7-3-4-7/h5-7H,2-4H2,1H3,(H,16,17). The quantitative estimate of drug-likeness (QED) is 0.877. The van der Waals surface area contributed by atoms with Crippen LogP contribution in [0.5, 0.6) is 0 Å². The molecule has 5 nitrogen and oxygen atoms in total. The molecule has 3 rings (SSSR count). The molecule has 1 N–H and O–H groups in total. The molecule has 0 atom stereocenters. The summed E-state index contributed by atoms with van der Waals surface area (Å²) in [5.74, 6) is 0.0190. The molecule has 0 aliphatic heterocycles. The SMILES string of the molecule is CCc1nc2cncc(C(=O)O)c2n1C1CC1. The van der Waals surface area contributed by atoms with Crippen molar-refractivity contribution in [1.29, 1.82) is 0 Å². The lowest BCUT2D eigenvalue weighted by Crippen LogP contribution is -2.05. The van der Waals surface area contributed by atoms with Crippen molar-refractivity contribution in [3.63, 3.8) is 0 Å². The number of aromatic nitrogens is 3. The van der Waals surface area contributed by atoms with Crippen molar-refractivity contribution in [2.24, 2.45) is 0 Å². The normalized spacial score (nSPS) is 15.4. The van der Waals surface area contributed by atoms with Crippen LogP contribution in [0, 0.1) is 0 Å². The Morgan fingerprint density at radius 2 is 2.29 bits per heavy atom. The molecular formula is C12H13N3O2. The molecular weight excluding hydrogens is 218 g/mol. The minimum Gasteiger partial charge on any atom is -0.478 e. The summed E-state index contributed by atoms with van der Waals surface area (Å²) in [6, 6.07) is 0.426. The molecule has 0 unspecified atom stereocenters. The zero-order chi connectivity index (χ0) is 12.0. The molecule has 0 amide bonds. The molecule has 0 aromatic carbocycles. The molecule has 0 saturated heterocycles. The van der Waals surface area contributed by atoms with Gasteiger partial charge in [-0.2, -0.15) is 0 Å². The number of pyridine rings is 1. The maximum Gasteiger partial charge on any atom is 0.339 e. The maximum absolute atomic E-state index is 11.2. The van der Waals surface area contributed by atoms with E-state index in [4.69, 9.17) is 0 Å². The van der Waals surface area contributed by atoms with Gasteiger partial charge in [0.1, 0.15) is 16.9 Å². The molecule has 0 bridgehead atoms. The number of hydrogen-bond acceptors (Lipinski definition) is 3. The molecule has 2 heterocycles. The number of hydrogen-bond donors (Lipinski definition) is 1. The van der Waals surface area contributed by atoms with Gasteiger partial charge in [0.15, 0.2) is 0 Å². The third-order valence-electron chi connectivity index (χ3n) is 3.13. The first-order valence-corrected chi connectivity index (χ1v) is 5.80. The lowest BCUT2D eigenvalue weighted by atomic mass is 10.2. The number of rotatable bonds is 3. The van der Waals surface area contributed by atoms with Crippen molar-refractivity contribution < 1.29 is 9.90 Å². The number of carbonyl (C=O) groups is 1. The van der Waals surface area contributed by atoms with Crippen molar-refractivity contribution in [2.45, 2.75) is 32.2 Å². The Hall–Kier alpha value is -1.91. The molecule has 0 spiro atoms. The van der Waals surface area contributed by atoms with E-state index in [-0.39, 0.29) is 5.56 Å². The Balaban J connectivity index is 2.36. The first-order valence-electron chi connectivity index (χ1n) is 5.80. The average Bonchev–Trinajstić information content (AvgIpc) is 3.08. The van der Waals surface area contributed by atoms with Gasteiger partial charge in [0.2, 0.25) is 0 Å². The van der Waals surface area contributed by atoms with Gasteiger partial charge < -0.3 is 9.67 Å². The van der Waals surface area contributed by atoms with Crippen LogP contribution < -0.4 is 0 Å². The average molecular weight is 231 g/mol. The summed E-state index contributed by atoms with van der Waals surface area (Å²) in [6.07, 6.45) is 6.08. The van der Waals surface area contributed by atoms with Crippen LogP contribution in [0.15, 0.2) is 12.4 Å². The lowest BCUT2D eigenvalue weighted by Gasteiger charge is -2.07. The molecule has 1 aliphatic rings. The van der Waals surface area contributed by atoms with E-state index >= 15 is 0 Å². The highest BCUT2D eigenvalue weighted by atomic mass is 16.4. The van der Waals surface area contributed by atoms with Crippen LogP contribution in [-0.4, -0.2) is 25.6 Å². The summed E-state index contributed by atoms with van der Waals surface area (Å²) in [6.45, 7) is 2.04. The van der Waals surface area contributed by atoms with E-state index in [9.17, 15) is 9.90 Å². The van der Waals surface area contributed by atoms with Crippen LogP contribution in [0.4, 0.5) is 0 Å². The Morgan fingerprint density at radius 1 is 1.53 bits per heavy atom.